The Balaban J connectivity index is 1.39. The van der Waals surface area contributed by atoms with Gasteiger partial charge in [-0.3, -0.25) is 10.2 Å². The van der Waals surface area contributed by atoms with Crippen molar-refractivity contribution in [3.05, 3.63) is 88.2 Å². The second-order valence-electron chi connectivity index (χ2n) is 8.62. The summed E-state index contributed by atoms with van der Waals surface area (Å²) in [6.07, 6.45) is 1.74. The van der Waals surface area contributed by atoms with Gasteiger partial charge in [-0.05, 0) is 87.0 Å². The van der Waals surface area contributed by atoms with E-state index in [1.807, 2.05) is 51.1 Å². The van der Waals surface area contributed by atoms with Crippen molar-refractivity contribution in [3.63, 3.8) is 0 Å². The number of hydrogen-bond donors (Lipinski definition) is 1. The number of thioether (sulfide) groups is 1. The Morgan fingerprint density at radius 1 is 1.03 bits per heavy atom. The molecule has 0 spiro atoms. The molecule has 1 N–H and O–H groups in total. The van der Waals surface area contributed by atoms with Gasteiger partial charge in [0.05, 0.1) is 5.57 Å². The number of amidine groups is 2. The zero-order valence-corrected chi connectivity index (χ0v) is 20.8. The van der Waals surface area contributed by atoms with E-state index in [9.17, 15) is 4.79 Å². The van der Waals surface area contributed by atoms with E-state index in [0.29, 0.717) is 10.2 Å². The van der Waals surface area contributed by atoms with Crippen molar-refractivity contribution in [2.45, 2.75) is 27.7 Å². The molecule has 1 aromatic heterocycles. The summed E-state index contributed by atoms with van der Waals surface area (Å²) in [6, 6.07) is 18.1. The molecule has 0 unspecified atom stereocenters. The summed E-state index contributed by atoms with van der Waals surface area (Å²) in [5.41, 5.74) is 6.47. The standard InChI is InChI=1S/C27H25N5O2S/c1-16-8-10-21(11-9-16)31-18(3)13-20(19(31)4)14-23-25(28)32-27(29-26(23)33)35-24(30-32)15-34-22-7-5-6-17(2)12-22/h5-14,28H,15H2,1-4H3/b23-14-,28-25?. The monoisotopic (exact) mass is 483 g/mol. The Hall–Kier alpha value is -3.91. The van der Waals surface area contributed by atoms with Gasteiger partial charge < -0.3 is 9.30 Å². The van der Waals surface area contributed by atoms with Crippen molar-refractivity contribution in [2.24, 2.45) is 10.1 Å². The molecule has 2 aliphatic rings. The Morgan fingerprint density at radius 2 is 1.80 bits per heavy atom. The molecule has 0 aliphatic carbocycles. The molecule has 0 radical (unpaired) electrons. The smallest absolute Gasteiger partial charge is 0.283 e. The number of rotatable bonds is 5. The molecule has 8 heteroatoms. The number of carbonyl (C=O) groups excluding carboxylic acids is 1. The lowest BCUT2D eigenvalue weighted by atomic mass is 10.1. The number of benzene rings is 2. The lowest BCUT2D eigenvalue weighted by Crippen LogP contribution is -2.35. The van der Waals surface area contributed by atoms with Gasteiger partial charge in [0, 0.05) is 17.1 Å². The second-order valence-corrected chi connectivity index (χ2v) is 9.66. The molecular formula is C27H25N5O2S. The van der Waals surface area contributed by atoms with Crippen molar-refractivity contribution in [1.82, 2.24) is 9.58 Å². The first-order valence-electron chi connectivity index (χ1n) is 11.2. The van der Waals surface area contributed by atoms with Crippen LogP contribution in [0.25, 0.3) is 11.8 Å². The summed E-state index contributed by atoms with van der Waals surface area (Å²) in [7, 11) is 0. The highest BCUT2D eigenvalue weighted by Crippen LogP contribution is 2.30. The van der Waals surface area contributed by atoms with Gasteiger partial charge in [0.1, 0.15) is 17.4 Å². The van der Waals surface area contributed by atoms with E-state index >= 15 is 0 Å². The molecule has 176 valence electrons. The molecule has 5 rings (SSSR count). The summed E-state index contributed by atoms with van der Waals surface area (Å²) in [6.45, 7) is 8.34. The van der Waals surface area contributed by atoms with E-state index in [-0.39, 0.29) is 18.0 Å². The van der Waals surface area contributed by atoms with E-state index in [2.05, 4.69) is 45.9 Å². The predicted molar refractivity (Wildman–Crippen MR) is 142 cm³/mol. The fourth-order valence-corrected chi connectivity index (χ4v) is 4.92. The topological polar surface area (TPSA) is 83.0 Å². The molecule has 2 aromatic carbocycles. The third-order valence-corrected chi connectivity index (χ3v) is 6.79. The van der Waals surface area contributed by atoms with E-state index in [4.69, 9.17) is 10.1 Å². The summed E-state index contributed by atoms with van der Waals surface area (Å²) in [5.74, 6) is 0.318. The van der Waals surface area contributed by atoms with Gasteiger partial charge in [0.25, 0.3) is 5.91 Å². The largest absolute Gasteiger partial charge is 0.487 e. The van der Waals surface area contributed by atoms with Crippen LogP contribution >= 0.6 is 11.8 Å². The van der Waals surface area contributed by atoms with Crippen molar-refractivity contribution < 1.29 is 9.53 Å². The van der Waals surface area contributed by atoms with E-state index in [1.165, 1.54) is 22.3 Å². The summed E-state index contributed by atoms with van der Waals surface area (Å²) >= 11 is 1.25. The summed E-state index contributed by atoms with van der Waals surface area (Å²) in [5, 5.41) is 15.6. The van der Waals surface area contributed by atoms with Crippen LogP contribution in [0, 0.1) is 33.1 Å². The molecule has 0 saturated heterocycles. The second kappa shape index (κ2) is 9.03. The van der Waals surface area contributed by atoms with Crippen LogP contribution in [0.2, 0.25) is 0 Å². The molecule has 35 heavy (non-hydrogen) atoms. The third kappa shape index (κ3) is 4.44. The van der Waals surface area contributed by atoms with Gasteiger partial charge in [-0.15, -0.1) is 0 Å². The first kappa shape index (κ1) is 22.9. The predicted octanol–water partition coefficient (Wildman–Crippen LogP) is 5.41. The minimum Gasteiger partial charge on any atom is -0.487 e. The quantitative estimate of drug-likeness (QED) is 0.492. The highest BCUT2D eigenvalue weighted by atomic mass is 32.2. The van der Waals surface area contributed by atoms with Gasteiger partial charge in [0.15, 0.2) is 5.84 Å². The highest BCUT2D eigenvalue weighted by molar-refractivity contribution is 8.27. The number of nitrogens with one attached hydrogen (secondary N) is 1. The number of hydrogen-bond acceptors (Lipinski definition) is 5. The number of aromatic nitrogens is 1. The Bertz CT molecular complexity index is 1450. The minimum absolute atomic E-state index is 0.0122. The van der Waals surface area contributed by atoms with Crippen molar-refractivity contribution in [3.8, 4) is 11.4 Å². The van der Waals surface area contributed by atoms with Crippen LogP contribution in [0.4, 0.5) is 0 Å². The molecule has 1 amide bonds. The SMILES string of the molecule is Cc1ccc(-n2c(C)cc(/C=C3/C(=N)N4N=C(COc5cccc(C)c5)SC4=NC3=O)c2C)cc1. The van der Waals surface area contributed by atoms with Gasteiger partial charge >= 0.3 is 0 Å². The maximum atomic E-state index is 12.9. The molecule has 0 bridgehead atoms. The van der Waals surface area contributed by atoms with Crippen molar-refractivity contribution in [1.29, 1.82) is 5.41 Å². The zero-order valence-electron chi connectivity index (χ0n) is 20.0. The molecule has 3 aromatic rings. The average molecular weight is 484 g/mol. The fraction of sp³-hybridized carbons (Fsp3) is 0.185. The lowest BCUT2D eigenvalue weighted by Gasteiger charge is -2.20. The van der Waals surface area contributed by atoms with Crippen LogP contribution < -0.4 is 4.74 Å². The van der Waals surface area contributed by atoms with Crippen LogP contribution in [-0.2, 0) is 4.79 Å². The van der Waals surface area contributed by atoms with Gasteiger partial charge in [0.2, 0.25) is 5.17 Å². The first-order chi connectivity index (χ1) is 16.8. The number of hydrazone groups is 1. The lowest BCUT2D eigenvalue weighted by molar-refractivity contribution is -0.114. The molecule has 2 aliphatic heterocycles. The van der Waals surface area contributed by atoms with E-state index in [1.54, 1.807) is 6.08 Å². The average Bonchev–Trinajstić information content (AvgIpc) is 3.36. The summed E-state index contributed by atoms with van der Waals surface area (Å²) < 4.78 is 7.98. The van der Waals surface area contributed by atoms with Gasteiger partial charge in [-0.25, -0.2) is 0 Å². The number of ether oxygens (including phenoxy) is 1. The van der Waals surface area contributed by atoms with E-state index in [0.717, 1.165) is 34.0 Å². The number of carbonyl (C=O) groups is 1. The van der Waals surface area contributed by atoms with Crippen molar-refractivity contribution in [2.75, 3.05) is 6.61 Å². The number of nitrogens with zero attached hydrogens (tertiary/aromatic N) is 4. The summed E-state index contributed by atoms with van der Waals surface area (Å²) in [4.78, 5) is 17.1. The number of aryl methyl sites for hydroxylation is 3. The third-order valence-electron chi connectivity index (χ3n) is 5.91. The molecule has 0 atom stereocenters. The van der Waals surface area contributed by atoms with Crippen LogP contribution in [0.1, 0.15) is 28.1 Å². The van der Waals surface area contributed by atoms with E-state index < -0.39 is 5.91 Å². The normalized spacial score (nSPS) is 16.5. The van der Waals surface area contributed by atoms with Crippen LogP contribution in [-0.4, -0.2) is 38.1 Å². The number of fused-ring (bicyclic) bond motifs is 1. The fourth-order valence-electron chi connectivity index (χ4n) is 4.12. The van der Waals surface area contributed by atoms with Crippen LogP contribution in [0.5, 0.6) is 5.75 Å². The molecule has 0 fully saturated rings. The van der Waals surface area contributed by atoms with Gasteiger partial charge in [-0.2, -0.15) is 15.1 Å². The Morgan fingerprint density at radius 3 is 2.54 bits per heavy atom. The first-order valence-corrected chi connectivity index (χ1v) is 12.1. The maximum absolute atomic E-state index is 12.9. The molecule has 0 saturated carbocycles. The highest BCUT2D eigenvalue weighted by Gasteiger charge is 2.36. The number of amides is 1. The number of aliphatic imine (C=N–C) groups is 1. The molecule has 7 nitrogen and oxygen atoms in total. The Labute approximate surface area is 208 Å². The Kier molecular flexibility index (Phi) is 5.90. The minimum atomic E-state index is -0.440. The maximum Gasteiger partial charge on any atom is 0.283 e. The molecular weight excluding hydrogens is 458 g/mol. The van der Waals surface area contributed by atoms with Crippen molar-refractivity contribution >= 4 is 39.8 Å². The molecule has 3 heterocycles. The van der Waals surface area contributed by atoms with Crippen LogP contribution in [0.3, 0.4) is 0 Å². The van der Waals surface area contributed by atoms with Crippen LogP contribution in [0.15, 0.2) is 70.3 Å². The van der Waals surface area contributed by atoms with Gasteiger partial charge in [-0.1, -0.05) is 29.8 Å². The zero-order chi connectivity index (χ0) is 24.7.